The van der Waals surface area contributed by atoms with Gasteiger partial charge in [-0.05, 0) is 49.7 Å². The molecule has 0 aliphatic carbocycles. The smallest absolute Gasteiger partial charge is 0.274 e. The number of carbonyl (C=O) groups is 1. The molecule has 1 amide bonds. The summed E-state index contributed by atoms with van der Waals surface area (Å²) in [6.45, 7) is 2.80. The van der Waals surface area contributed by atoms with Crippen molar-refractivity contribution in [1.82, 2.24) is 15.1 Å². The Labute approximate surface area is 150 Å². The molecule has 0 saturated heterocycles. The van der Waals surface area contributed by atoms with E-state index in [2.05, 4.69) is 10.2 Å². The predicted octanol–water partition coefficient (Wildman–Crippen LogP) is 3.66. The van der Waals surface area contributed by atoms with E-state index in [1.807, 2.05) is 19.1 Å². The highest BCUT2D eigenvalue weighted by molar-refractivity contribution is 5.93. The number of amides is 1. The van der Waals surface area contributed by atoms with Gasteiger partial charge in [0.1, 0.15) is 23.0 Å². The predicted molar refractivity (Wildman–Crippen MR) is 94.5 cm³/mol. The number of aromatic nitrogens is 2. The summed E-state index contributed by atoms with van der Waals surface area (Å²) in [6, 6.07) is 11.2. The molecule has 0 fully saturated rings. The highest BCUT2D eigenvalue weighted by atomic mass is 19.1. The van der Waals surface area contributed by atoms with Crippen molar-refractivity contribution in [2.75, 3.05) is 20.2 Å². The zero-order valence-electron chi connectivity index (χ0n) is 14.7. The quantitative estimate of drug-likeness (QED) is 0.655. The van der Waals surface area contributed by atoms with Gasteiger partial charge in [-0.3, -0.25) is 9.89 Å². The fraction of sp³-hybridized carbons (Fsp3) is 0.263. The summed E-state index contributed by atoms with van der Waals surface area (Å²) in [5.41, 5.74) is 0.991. The average molecular weight is 357 g/mol. The van der Waals surface area contributed by atoms with Crippen LogP contribution in [0.1, 0.15) is 22.7 Å². The number of ether oxygens (including phenoxy) is 1. The maximum absolute atomic E-state index is 12.8. The molecule has 1 N–H and O–H groups in total. The summed E-state index contributed by atoms with van der Waals surface area (Å²) in [5.74, 6) is 1.56. The zero-order chi connectivity index (χ0) is 18.5. The summed E-state index contributed by atoms with van der Waals surface area (Å²) < 4.78 is 23.9. The maximum Gasteiger partial charge on any atom is 0.274 e. The van der Waals surface area contributed by atoms with Crippen molar-refractivity contribution in [3.05, 3.63) is 59.7 Å². The highest BCUT2D eigenvalue weighted by Crippen LogP contribution is 2.20. The van der Waals surface area contributed by atoms with Crippen LogP contribution in [-0.2, 0) is 0 Å². The minimum atomic E-state index is -0.300. The van der Waals surface area contributed by atoms with Gasteiger partial charge in [-0.2, -0.15) is 5.10 Å². The lowest BCUT2D eigenvalue weighted by molar-refractivity contribution is 0.0782. The summed E-state index contributed by atoms with van der Waals surface area (Å²) in [7, 11) is 1.71. The van der Waals surface area contributed by atoms with Gasteiger partial charge in [0.2, 0.25) is 0 Å². The van der Waals surface area contributed by atoms with E-state index in [-0.39, 0.29) is 11.7 Å². The van der Waals surface area contributed by atoms with Crippen LogP contribution in [0.3, 0.4) is 0 Å². The molecule has 0 bridgehead atoms. The zero-order valence-corrected chi connectivity index (χ0v) is 14.7. The highest BCUT2D eigenvalue weighted by Gasteiger charge is 2.16. The Balaban J connectivity index is 1.48. The van der Waals surface area contributed by atoms with E-state index < -0.39 is 0 Å². The molecule has 0 unspecified atom stereocenters. The molecule has 0 atom stereocenters. The van der Waals surface area contributed by atoms with Crippen LogP contribution in [0, 0.1) is 12.7 Å². The van der Waals surface area contributed by atoms with Crippen molar-refractivity contribution in [2.45, 2.75) is 13.3 Å². The molecular weight excluding hydrogens is 337 g/mol. The number of carbonyl (C=O) groups excluding carboxylic acids is 1. The molecule has 0 aliphatic rings. The molecule has 3 aromatic rings. The largest absolute Gasteiger partial charge is 0.494 e. The molecule has 6 nitrogen and oxygen atoms in total. The third-order valence-corrected chi connectivity index (χ3v) is 3.87. The molecule has 7 heteroatoms. The van der Waals surface area contributed by atoms with Gasteiger partial charge in [0, 0.05) is 19.7 Å². The molecule has 2 heterocycles. The Morgan fingerprint density at radius 2 is 2.04 bits per heavy atom. The van der Waals surface area contributed by atoms with Crippen LogP contribution in [0.5, 0.6) is 5.75 Å². The number of benzene rings is 1. The number of aryl methyl sites for hydroxylation is 1. The molecule has 0 aliphatic heterocycles. The Morgan fingerprint density at radius 3 is 2.73 bits per heavy atom. The molecular formula is C19H20FN3O3. The molecule has 136 valence electrons. The standard InChI is InChI=1S/C19H20FN3O3/c1-13-4-9-18(26-13)16-12-17(22-21-16)19(24)23(2)10-3-11-25-15-7-5-14(20)6-8-15/h4-9,12H,3,10-11H2,1-2H3,(H,21,22). The number of aromatic amines is 1. The molecule has 2 aromatic heterocycles. The van der Waals surface area contributed by atoms with Gasteiger partial charge in [-0.15, -0.1) is 0 Å². The summed E-state index contributed by atoms with van der Waals surface area (Å²) in [5, 5.41) is 6.88. The Bertz CT molecular complexity index is 870. The third kappa shape index (κ3) is 4.30. The van der Waals surface area contributed by atoms with Crippen LogP contribution in [0.25, 0.3) is 11.5 Å². The number of nitrogens with zero attached hydrogens (tertiary/aromatic N) is 2. The van der Waals surface area contributed by atoms with Crippen LogP contribution in [0.2, 0.25) is 0 Å². The Morgan fingerprint density at radius 1 is 1.27 bits per heavy atom. The summed E-state index contributed by atoms with van der Waals surface area (Å²) >= 11 is 0. The SMILES string of the molecule is Cc1ccc(-c2cc(C(=O)N(C)CCCOc3ccc(F)cc3)n[nH]2)o1. The van der Waals surface area contributed by atoms with Gasteiger partial charge < -0.3 is 14.1 Å². The second kappa shape index (κ2) is 7.86. The molecule has 3 rings (SSSR count). The number of H-pyrrole nitrogens is 1. The molecule has 1 aromatic carbocycles. The maximum atomic E-state index is 12.8. The molecule has 26 heavy (non-hydrogen) atoms. The monoisotopic (exact) mass is 357 g/mol. The van der Waals surface area contributed by atoms with Crippen LogP contribution in [0.15, 0.2) is 46.9 Å². The van der Waals surface area contributed by atoms with E-state index in [0.717, 1.165) is 5.76 Å². The average Bonchev–Trinajstić information content (AvgIpc) is 3.28. The van der Waals surface area contributed by atoms with Gasteiger partial charge >= 0.3 is 0 Å². The lowest BCUT2D eigenvalue weighted by Gasteiger charge is -2.15. The van der Waals surface area contributed by atoms with Crippen LogP contribution in [0.4, 0.5) is 4.39 Å². The van der Waals surface area contributed by atoms with E-state index in [9.17, 15) is 9.18 Å². The Hall–Kier alpha value is -3.09. The Kier molecular flexibility index (Phi) is 5.36. The van der Waals surface area contributed by atoms with Gasteiger partial charge in [0.15, 0.2) is 11.5 Å². The minimum absolute atomic E-state index is 0.183. The van der Waals surface area contributed by atoms with E-state index in [1.54, 1.807) is 30.1 Å². The minimum Gasteiger partial charge on any atom is -0.494 e. The van der Waals surface area contributed by atoms with Crippen molar-refractivity contribution in [3.63, 3.8) is 0 Å². The van der Waals surface area contributed by atoms with Crippen molar-refractivity contribution >= 4 is 5.91 Å². The van der Waals surface area contributed by atoms with Gasteiger partial charge in [0.05, 0.1) is 6.61 Å². The van der Waals surface area contributed by atoms with Gasteiger partial charge in [-0.25, -0.2) is 4.39 Å². The van der Waals surface area contributed by atoms with Crippen LogP contribution < -0.4 is 4.74 Å². The normalized spacial score (nSPS) is 10.7. The molecule has 0 spiro atoms. The van der Waals surface area contributed by atoms with Crippen LogP contribution in [-0.4, -0.2) is 41.2 Å². The first kappa shape index (κ1) is 17.7. The first-order chi connectivity index (χ1) is 12.5. The number of hydrogen-bond donors (Lipinski definition) is 1. The van der Waals surface area contributed by atoms with Gasteiger partial charge in [0.25, 0.3) is 5.91 Å². The lowest BCUT2D eigenvalue weighted by Crippen LogP contribution is -2.29. The van der Waals surface area contributed by atoms with E-state index in [1.165, 1.54) is 12.1 Å². The van der Waals surface area contributed by atoms with Crippen LogP contribution >= 0.6 is 0 Å². The van der Waals surface area contributed by atoms with E-state index in [4.69, 9.17) is 9.15 Å². The second-order valence-corrected chi connectivity index (χ2v) is 5.96. The van der Waals surface area contributed by atoms with Crippen molar-refractivity contribution in [2.24, 2.45) is 0 Å². The third-order valence-electron chi connectivity index (χ3n) is 3.87. The van der Waals surface area contributed by atoms with Crippen molar-refractivity contribution in [3.8, 4) is 17.2 Å². The topological polar surface area (TPSA) is 71.4 Å². The van der Waals surface area contributed by atoms with Gasteiger partial charge in [-0.1, -0.05) is 0 Å². The van der Waals surface area contributed by atoms with Crippen molar-refractivity contribution in [1.29, 1.82) is 0 Å². The van der Waals surface area contributed by atoms with Crippen molar-refractivity contribution < 1.29 is 18.3 Å². The fourth-order valence-corrected chi connectivity index (χ4v) is 2.46. The fourth-order valence-electron chi connectivity index (χ4n) is 2.46. The summed E-state index contributed by atoms with van der Waals surface area (Å²) in [6.07, 6.45) is 0.647. The molecule has 0 radical (unpaired) electrons. The second-order valence-electron chi connectivity index (χ2n) is 5.96. The number of furan rings is 1. The first-order valence-electron chi connectivity index (χ1n) is 8.29. The number of rotatable bonds is 7. The number of halogens is 1. The summed E-state index contributed by atoms with van der Waals surface area (Å²) in [4.78, 5) is 14.0. The number of nitrogens with one attached hydrogen (secondary N) is 1. The number of hydrogen-bond acceptors (Lipinski definition) is 4. The lowest BCUT2D eigenvalue weighted by atomic mass is 10.2. The van der Waals surface area contributed by atoms with E-state index >= 15 is 0 Å². The molecule has 0 saturated carbocycles. The van der Waals surface area contributed by atoms with E-state index in [0.29, 0.717) is 42.5 Å². The first-order valence-corrected chi connectivity index (χ1v) is 8.29.